The molecule has 0 aromatic carbocycles. The van der Waals surface area contributed by atoms with Crippen molar-refractivity contribution < 1.29 is 27.6 Å². The normalized spacial score (nSPS) is 19.5. The predicted molar refractivity (Wildman–Crippen MR) is 115 cm³/mol. The Morgan fingerprint density at radius 3 is 2.71 bits per heavy atom. The summed E-state index contributed by atoms with van der Waals surface area (Å²) in [5, 5.41) is 9.93. The number of hydrogen-bond acceptors (Lipinski definition) is 6. The molecule has 13 heteroatoms. The lowest BCUT2D eigenvalue weighted by molar-refractivity contribution is -0.133. The van der Waals surface area contributed by atoms with E-state index in [1.165, 1.54) is 17.7 Å². The maximum Gasteiger partial charge on any atom is 0.293 e. The highest BCUT2D eigenvalue weighted by atomic mass is 19.3. The van der Waals surface area contributed by atoms with Crippen LogP contribution in [0.1, 0.15) is 44.9 Å². The fourth-order valence-electron chi connectivity index (χ4n) is 4.72. The van der Waals surface area contributed by atoms with Gasteiger partial charge in [-0.05, 0) is 29.8 Å². The molecule has 0 saturated heterocycles. The van der Waals surface area contributed by atoms with Gasteiger partial charge in [0.05, 0.1) is 12.1 Å². The van der Waals surface area contributed by atoms with E-state index in [2.05, 4.69) is 32.0 Å². The van der Waals surface area contributed by atoms with Crippen LogP contribution in [0.2, 0.25) is 0 Å². The van der Waals surface area contributed by atoms with Gasteiger partial charge in [-0.25, -0.2) is 23.6 Å². The monoisotopic (exact) mass is 485 g/mol. The molecule has 2 N–H and O–H groups in total. The Morgan fingerprint density at radius 2 is 2.03 bits per heavy atom. The second kappa shape index (κ2) is 7.66. The molecule has 1 atom stereocenters. The van der Waals surface area contributed by atoms with Crippen molar-refractivity contribution >= 4 is 28.8 Å². The summed E-state index contributed by atoms with van der Waals surface area (Å²) in [7, 11) is 0. The van der Waals surface area contributed by atoms with E-state index in [1.807, 2.05) is 0 Å². The Morgan fingerprint density at radius 1 is 1.29 bits per heavy atom. The number of carbonyl (C=O) groups is 3. The second-order valence-electron chi connectivity index (χ2n) is 8.71. The lowest BCUT2D eigenvalue weighted by Gasteiger charge is -2.43. The number of ketones is 1. The maximum absolute atomic E-state index is 14.3. The Kier molecular flexibility index (Phi) is 4.94. The van der Waals surface area contributed by atoms with Gasteiger partial charge in [0, 0.05) is 31.2 Å². The van der Waals surface area contributed by atoms with E-state index in [1.54, 1.807) is 12.1 Å². The Labute approximate surface area is 195 Å². The van der Waals surface area contributed by atoms with Crippen molar-refractivity contribution in [3.8, 4) is 12.3 Å². The van der Waals surface area contributed by atoms with Crippen LogP contribution < -0.4 is 10.7 Å². The van der Waals surface area contributed by atoms with Gasteiger partial charge in [0.1, 0.15) is 22.9 Å². The molecule has 3 aromatic heterocycles. The number of pyridine rings is 1. The SMILES string of the molecule is C#CC1(NC(=O)C(=O)c2c(C)c(C(=O)Nn3nnc4cccnc43)n3c2C[C@@H](F)C3)CC(F)(F)C1. The van der Waals surface area contributed by atoms with Crippen molar-refractivity contribution in [1.29, 1.82) is 0 Å². The van der Waals surface area contributed by atoms with Crippen molar-refractivity contribution in [1.82, 2.24) is 30.0 Å². The average Bonchev–Trinajstić information content (AvgIpc) is 3.42. The van der Waals surface area contributed by atoms with Gasteiger partial charge in [0.25, 0.3) is 23.5 Å². The summed E-state index contributed by atoms with van der Waals surface area (Å²) in [6.07, 6.45) is 3.65. The quantitative estimate of drug-likeness (QED) is 0.319. The van der Waals surface area contributed by atoms with Crippen LogP contribution in [0.5, 0.6) is 0 Å². The van der Waals surface area contributed by atoms with Crippen LogP contribution in [0.15, 0.2) is 18.3 Å². The summed E-state index contributed by atoms with van der Waals surface area (Å²) < 4.78 is 42.4. The van der Waals surface area contributed by atoms with Gasteiger partial charge >= 0.3 is 0 Å². The molecule has 1 saturated carbocycles. The standard InChI is InChI=1S/C22H18F3N7O3/c1-3-21(9-22(24,25)10-21)27-20(35)17(33)15-11(2)16(31-8-12(23)7-14(15)31)19(34)29-32-18-13(28-30-32)5-4-6-26-18/h1,4-6,12H,7-10H2,2H3,(H,27,35)(H,29,34)/t12-/m1/s1. The molecule has 3 aromatic rings. The molecule has 4 heterocycles. The van der Waals surface area contributed by atoms with Crippen LogP contribution >= 0.6 is 0 Å². The zero-order chi connectivity index (χ0) is 25.1. The summed E-state index contributed by atoms with van der Waals surface area (Å²) in [5.41, 5.74) is 1.64. The number of alkyl halides is 3. The van der Waals surface area contributed by atoms with E-state index in [0.717, 1.165) is 4.79 Å². The minimum absolute atomic E-state index is 0.0438. The highest BCUT2D eigenvalue weighted by molar-refractivity contribution is 6.44. The molecular formula is C22H18F3N7O3. The fourth-order valence-corrected chi connectivity index (χ4v) is 4.72. The Bertz CT molecular complexity index is 1440. The molecule has 5 rings (SSSR count). The van der Waals surface area contributed by atoms with Crippen LogP contribution in [0, 0.1) is 19.3 Å². The molecule has 0 unspecified atom stereocenters. The number of hydrogen-bond donors (Lipinski definition) is 2. The molecule has 1 aliphatic heterocycles. The van der Waals surface area contributed by atoms with Crippen LogP contribution in [0.4, 0.5) is 13.2 Å². The first-order valence-electron chi connectivity index (χ1n) is 10.6. The number of rotatable bonds is 5. The Balaban J connectivity index is 1.46. The van der Waals surface area contributed by atoms with Crippen molar-refractivity contribution in [3.63, 3.8) is 0 Å². The van der Waals surface area contributed by atoms with Crippen LogP contribution in [0.25, 0.3) is 11.2 Å². The second-order valence-corrected chi connectivity index (χ2v) is 8.71. The average molecular weight is 485 g/mol. The third-order valence-corrected chi connectivity index (χ3v) is 6.22. The molecule has 2 aliphatic rings. The van der Waals surface area contributed by atoms with Crippen LogP contribution in [0.3, 0.4) is 0 Å². The Hall–Kier alpha value is -4.21. The number of amides is 2. The number of terminal acetylenes is 1. The van der Waals surface area contributed by atoms with Crippen molar-refractivity contribution in [2.24, 2.45) is 0 Å². The number of halogens is 3. The molecule has 0 radical (unpaired) electrons. The van der Waals surface area contributed by atoms with Gasteiger partial charge in [-0.3, -0.25) is 14.4 Å². The first-order valence-corrected chi connectivity index (χ1v) is 10.6. The topological polar surface area (TPSA) is 124 Å². The molecule has 0 bridgehead atoms. The summed E-state index contributed by atoms with van der Waals surface area (Å²) in [6, 6.07) is 3.29. The molecule has 180 valence electrons. The molecule has 1 fully saturated rings. The van der Waals surface area contributed by atoms with Gasteiger partial charge in [0.2, 0.25) is 5.65 Å². The largest absolute Gasteiger partial charge is 0.337 e. The van der Waals surface area contributed by atoms with Gasteiger partial charge in [-0.1, -0.05) is 5.92 Å². The van der Waals surface area contributed by atoms with Crippen molar-refractivity contribution in [2.45, 2.75) is 50.4 Å². The van der Waals surface area contributed by atoms with E-state index in [4.69, 9.17) is 6.42 Å². The number of carbonyl (C=O) groups excluding carboxylic acids is 3. The third-order valence-electron chi connectivity index (χ3n) is 6.22. The molecule has 2 amide bonds. The zero-order valence-corrected chi connectivity index (χ0v) is 18.3. The highest BCUT2D eigenvalue weighted by Crippen LogP contribution is 2.45. The predicted octanol–water partition coefficient (Wildman–Crippen LogP) is 1.31. The molecule has 10 nitrogen and oxygen atoms in total. The molecular weight excluding hydrogens is 467 g/mol. The number of nitrogens with zero attached hydrogens (tertiary/aromatic N) is 5. The molecule has 1 aliphatic carbocycles. The number of aromatic nitrogens is 5. The number of fused-ring (bicyclic) bond motifs is 2. The first-order chi connectivity index (χ1) is 16.5. The zero-order valence-electron chi connectivity index (χ0n) is 18.3. The fraction of sp³-hybridized carbons (Fsp3) is 0.364. The molecule has 0 spiro atoms. The summed E-state index contributed by atoms with van der Waals surface area (Å²) >= 11 is 0. The van der Waals surface area contributed by atoms with Gasteiger partial charge in [0.15, 0.2) is 0 Å². The summed E-state index contributed by atoms with van der Waals surface area (Å²) in [6.45, 7) is 1.24. The number of Topliss-reactive ketones (excluding diaryl/α,β-unsaturated/α-hetero) is 1. The van der Waals surface area contributed by atoms with E-state index in [-0.39, 0.29) is 41.1 Å². The minimum Gasteiger partial charge on any atom is -0.337 e. The third kappa shape index (κ3) is 3.61. The molecule has 35 heavy (non-hydrogen) atoms. The van der Waals surface area contributed by atoms with Gasteiger partial charge in [-0.15, -0.1) is 16.3 Å². The highest BCUT2D eigenvalue weighted by Gasteiger charge is 2.57. The number of nitrogens with one attached hydrogen (secondary N) is 2. The minimum atomic E-state index is -3.04. The van der Waals surface area contributed by atoms with E-state index >= 15 is 0 Å². The lowest BCUT2D eigenvalue weighted by atomic mass is 9.74. The van der Waals surface area contributed by atoms with Crippen LogP contribution in [-0.2, 0) is 17.8 Å². The van der Waals surface area contributed by atoms with E-state index in [0.29, 0.717) is 5.52 Å². The lowest BCUT2D eigenvalue weighted by Crippen LogP contribution is -2.62. The maximum atomic E-state index is 14.3. The van der Waals surface area contributed by atoms with E-state index in [9.17, 15) is 27.6 Å². The van der Waals surface area contributed by atoms with Gasteiger partial charge < -0.3 is 9.88 Å². The summed E-state index contributed by atoms with van der Waals surface area (Å²) in [5.74, 6) is -3.92. The smallest absolute Gasteiger partial charge is 0.293 e. The summed E-state index contributed by atoms with van der Waals surface area (Å²) in [4.78, 5) is 44.1. The van der Waals surface area contributed by atoms with Crippen LogP contribution in [-0.4, -0.2) is 59.9 Å². The van der Waals surface area contributed by atoms with Crippen molar-refractivity contribution in [3.05, 3.63) is 40.8 Å². The van der Waals surface area contributed by atoms with Crippen molar-refractivity contribution in [2.75, 3.05) is 5.43 Å². The van der Waals surface area contributed by atoms with E-state index < -0.39 is 48.1 Å². The van der Waals surface area contributed by atoms with Gasteiger partial charge in [-0.2, -0.15) is 0 Å². The first kappa shape index (κ1) is 22.6.